The summed E-state index contributed by atoms with van der Waals surface area (Å²) in [5, 5.41) is 0.765. The Labute approximate surface area is 221 Å². The van der Waals surface area contributed by atoms with E-state index in [9.17, 15) is 13.2 Å². The second-order valence-electron chi connectivity index (χ2n) is 8.05. The zero-order chi connectivity index (χ0) is 27.0. The molecule has 0 aliphatic rings. The first-order chi connectivity index (χ1) is 18.2. The molecule has 194 valence electrons. The molecule has 0 radical (unpaired) electrons. The standard InChI is InChI=1S/C26H19ClFN3O6S/c1-35-18-10-16(9-17(27)12-18)20-13-24(36-2)23(14-21(20)28)31-22-5-4-19(11-15(22)3-6-25(31)32)38(33,34)30-26-29-7-8-37-26/h3-14H,1-2H3,(H,29,30). The minimum absolute atomic E-state index is 0.0863. The van der Waals surface area contributed by atoms with Crippen molar-refractivity contribution in [2.45, 2.75) is 4.90 Å². The molecule has 12 heteroatoms. The number of methoxy groups -OCH3 is 2. The van der Waals surface area contributed by atoms with E-state index in [1.54, 1.807) is 18.2 Å². The van der Waals surface area contributed by atoms with Crippen LogP contribution in [0.15, 0.2) is 87.2 Å². The molecule has 0 fully saturated rings. The second kappa shape index (κ2) is 9.84. The number of benzene rings is 3. The maximum absolute atomic E-state index is 15.5. The van der Waals surface area contributed by atoms with Gasteiger partial charge in [0, 0.05) is 28.1 Å². The van der Waals surface area contributed by atoms with Crippen LogP contribution >= 0.6 is 11.6 Å². The van der Waals surface area contributed by atoms with Crippen molar-refractivity contribution in [3.63, 3.8) is 0 Å². The van der Waals surface area contributed by atoms with E-state index in [2.05, 4.69) is 9.71 Å². The largest absolute Gasteiger partial charge is 0.497 e. The number of hydrogen-bond donors (Lipinski definition) is 1. The van der Waals surface area contributed by atoms with Crippen LogP contribution < -0.4 is 19.8 Å². The lowest BCUT2D eigenvalue weighted by molar-refractivity contribution is 0.411. The zero-order valence-corrected chi connectivity index (χ0v) is 21.5. The molecule has 38 heavy (non-hydrogen) atoms. The third-order valence-corrected chi connectivity index (χ3v) is 7.29. The molecular weight excluding hydrogens is 537 g/mol. The molecule has 5 aromatic rings. The van der Waals surface area contributed by atoms with Gasteiger partial charge < -0.3 is 13.9 Å². The van der Waals surface area contributed by atoms with Crippen molar-refractivity contribution in [1.82, 2.24) is 9.55 Å². The van der Waals surface area contributed by atoms with Crippen LogP contribution in [0.5, 0.6) is 11.5 Å². The normalized spacial score (nSPS) is 11.5. The van der Waals surface area contributed by atoms with E-state index in [4.69, 9.17) is 25.5 Å². The van der Waals surface area contributed by atoms with Crippen molar-refractivity contribution in [2.24, 2.45) is 0 Å². The fourth-order valence-corrected chi connectivity index (χ4v) is 5.23. The second-order valence-corrected chi connectivity index (χ2v) is 10.2. The molecule has 0 amide bonds. The summed E-state index contributed by atoms with van der Waals surface area (Å²) in [4.78, 5) is 16.7. The first-order valence-electron chi connectivity index (χ1n) is 11.0. The van der Waals surface area contributed by atoms with Crippen LogP contribution in [0, 0.1) is 5.82 Å². The molecule has 9 nitrogen and oxygen atoms in total. The number of halogens is 2. The van der Waals surface area contributed by atoms with Gasteiger partial charge in [-0.15, -0.1) is 0 Å². The molecule has 2 heterocycles. The SMILES string of the molecule is COc1cc(Cl)cc(-c2cc(OC)c(-n3c(=O)ccc4cc(S(=O)(=O)Nc5ncco5)ccc43)cc2F)c1. The van der Waals surface area contributed by atoms with Crippen LogP contribution in [0.3, 0.4) is 0 Å². The first-order valence-corrected chi connectivity index (χ1v) is 12.9. The van der Waals surface area contributed by atoms with Gasteiger partial charge in [-0.05, 0) is 54.1 Å². The Morgan fingerprint density at radius 3 is 2.55 bits per heavy atom. The Hall–Kier alpha value is -4.35. The Morgan fingerprint density at radius 1 is 1.03 bits per heavy atom. The lowest BCUT2D eigenvalue weighted by Crippen LogP contribution is -2.19. The number of rotatable bonds is 7. The molecule has 0 spiro atoms. The topological polar surface area (TPSA) is 113 Å². The first kappa shape index (κ1) is 25.3. The van der Waals surface area contributed by atoms with Crippen LogP contribution in [-0.4, -0.2) is 32.2 Å². The number of fused-ring (bicyclic) bond motifs is 1. The van der Waals surface area contributed by atoms with Crippen molar-refractivity contribution < 1.29 is 26.7 Å². The number of anilines is 1. The van der Waals surface area contributed by atoms with Gasteiger partial charge in [0.15, 0.2) is 0 Å². The fourth-order valence-electron chi connectivity index (χ4n) is 4.03. The van der Waals surface area contributed by atoms with Crippen LogP contribution in [-0.2, 0) is 10.0 Å². The predicted octanol–water partition coefficient (Wildman–Crippen LogP) is 5.26. The third kappa shape index (κ3) is 4.69. The number of nitrogens with one attached hydrogen (secondary N) is 1. The van der Waals surface area contributed by atoms with Crippen LogP contribution in [0.2, 0.25) is 5.02 Å². The van der Waals surface area contributed by atoms with Crippen molar-refractivity contribution in [3.8, 4) is 28.3 Å². The fraction of sp³-hybridized carbons (Fsp3) is 0.0769. The average Bonchev–Trinajstić information content (AvgIpc) is 3.40. The summed E-state index contributed by atoms with van der Waals surface area (Å²) in [6.07, 6.45) is 2.54. The van der Waals surface area contributed by atoms with Gasteiger partial charge in [-0.2, -0.15) is 0 Å². The highest BCUT2D eigenvalue weighted by molar-refractivity contribution is 7.92. The van der Waals surface area contributed by atoms with E-state index in [0.29, 0.717) is 27.2 Å². The summed E-state index contributed by atoms with van der Waals surface area (Å²) in [6.45, 7) is 0. The molecule has 0 saturated carbocycles. The molecule has 0 aliphatic heterocycles. The lowest BCUT2D eigenvalue weighted by Gasteiger charge is -2.17. The van der Waals surface area contributed by atoms with Crippen molar-refractivity contribution in [2.75, 3.05) is 18.9 Å². The van der Waals surface area contributed by atoms with E-state index in [-0.39, 0.29) is 27.9 Å². The minimum atomic E-state index is -4.03. The molecule has 2 aromatic heterocycles. The van der Waals surface area contributed by atoms with E-state index in [1.165, 1.54) is 73.7 Å². The Morgan fingerprint density at radius 2 is 1.84 bits per heavy atom. The highest BCUT2D eigenvalue weighted by Gasteiger charge is 2.20. The highest BCUT2D eigenvalue weighted by atomic mass is 35.5. The zero-order valence-electron chi connectivity index (χ0n) is 19.9. The summed E-state index contributed by atoms with van der Waals surface area (Å²) in [6, 6.07) is 14.1. The van der Waals surface area contributed by atoms with Gasteiger partial charge in [0.2, 0.25) is 0 Å². The van der Waals surface area contributed by atoms with Gasteiger partial charge in [0.25, 0.3) is 15.6 Å². The predicted molar refractivity (Wildman–Crippen MR) is 140 cm³/mol. The number of pyridine rings is 1. The summed E-state index contributed by atoms with van der Waals surface area (Å²) in [5.41, 5.74) is 0.635. The molecule has 0 atom stereocenters. The number of hydrogen-bond acceptors (Lipinski definition) is 7. The molecule has 3 aromatic carbocycles. The number of ether oxygens (including phenoxy) is 2. The maximum Gasteiger partial charge on any atom is 0.308 e. The summed E-state index contributed by atoms with van der Waals surface area (Å²) >= 11 is 6.17. The van der Waals surface area contributed by atoms with Gasteiger partial charge >= 0.3 is 6.01 Å². The molecule has 0 bridgehead atoms. The van der Waals surface area contributed by atoms with Crippen LogP contribution in [0.25, 0.3) is 27.7 Å². The quantitative estimate of drug-likeness (QED) is 0.291. The number of nitrogens with zero attached hydrogens (tertiary/aromatic N) is 2. The number of aromatic nitrogens is 2. The summed E-state index contributed by atoms with van der Waals surface area (Å²) in [7, 11) is -1.15. The monoisotopic (exact) mass is 555 g/mol. The van der Waals surface area contributed by atoms with Crippen LogP contribution in [0.4, 0.5) is 10.4 Å². The van der Waals surface area contributed by atoms with Gasteiger partial charge in [-0.3, -0.25) is 9.36 Å². The minimum Gasteiger partial charge on any atom is -0.497 e. The number of sulfonamides is 1. The summed E-state index contributed by atoms with van der Waals surface area (Å²) < 4.78 is 60.3. The van der Waals surface area contributed by atoms with E-state index in [1.807, 2.05) is 0 Å². The third-order valence-electron chi connectivity index (χ3n) is 5.76. The van der Waals surface area contributed by atoms with Gasteiger partial charge in [-0.25, -0.2) is 22.5 Å². The number of oxazole rings is 1. The highest BCUT2D eigenvalue weighted by Crippen LogP contribution is 2.36. The average molecular weight is 556 g/mol. The van der Waals surface area contributed by atoms with Crippen molar-refractivity contribution in [1.29, 1.82) is 0 Å². The van der Waals surface area contributed by atoms with E-state index in [0.717, 1.165) is 0 Å². The Balaban J connectivity index is 1.64. The van der Waals surface area contributed by atoms with Crippen LogP contribution in [0.1, 0.15) is 0 Å². The Kier molecular flexibility index (Phi) is 6.55. The van der Waals surface area contributed by atoms with E-state index < -0.39 is 21.4 Å². The summed E-state index contributed by atoms with van der Waals surface area (Å²) in [5.74, 6) is 0.0175. The molecular formula is C26H19ClFN3O6S. The van der Waals surface area contributed by atoms with Gasteiger partial charge in [0.05, 0.1) is 36.5 Å². The van der Waals surface area contributed by atoms with Gasteiger partial charge in [-0.1, -0.05) is 11.6 Å². The molecule has 1 N–H and O–H groups in total. The maximum atomic E-state index is 15.5. The molecule has 5 rings (SSSR count). The molecule has 0 aliphatic carbocycles. The van der Waals surface area contributed by atoms with Crippen molar-refractivity contribution >= 4 is 38.5 Å². The van der Waals surface area contributed by atoms with Gasteiger partial charge in [0.1, 0.15) is 23.6 Å². The van der Waals surface area contributed by atoms with Crippen molar-refractivity contribution in [3.05, 3.63) is 94.3 Å². The Bertz CT molecular complexity index is 1840. The lowest BCUT2D eigenvalue weighted by atomic mass is 10.0. The molecule has 0 saturated heterocycles. The smallest absolute Gasteiger partial charge is 0.308 e. The molecule has 0 unspecified atom stereocenters. The van der Waals surface area contributed by atoms with E-state index >= 15 is 4.39 Å².